The topological polar surface area (TPSA) is 44.7 Å². The average Bonchev–Trinajstić information content (AvgIpc) is 2.78. The van der Waals surface area contributed by atoms with Crippen LogP contribution in [0.25, 0.3) is 0 Å². The number of benzene rings is 1. The Hall–Kier alpha value is -0.910. The van der Waals surface area contributed by atoms with Gasteiger partial charge in [-0.15, -0.1) is 0 Å². The normalized spacial score (nSPS) is 25.6. The van der Waals surface area contributed by atoms with Gasteiger partial charge in [-0.2, -0.15) is 0 Å². The Labute approximate surface area is 176 Å². The molecule has 27 heavy (non-hydrogen) atoms. The Morgan fingerprint density at radius 2 is 1.81 bits per heavy atom. The Balaban J connectivity index is 1.61. The minimum absolute atomic E-state index is 0.0339. The highest BCUT2D eigenvalue weighted by Crippen LogP contribution is 2.34. The molecule has 3 rings (SSSR count). The van der Waals surface area contributed by atoms with Gasteiger partial charge in [0, 0.05) is 34.5 Å². The first-order valence-corrected chi connectivity index (χ1v) is 11.3. The lowest BCUT2D eigenvalue weighted by atomic mass is 10.1. The van der Waals surface area contributed by atoms with Crippen molar-refractivity contribution >= 4 is 51.7 Å². The minimum Gasteiger partial charge on any atom is -0.350 e. The number of thioether (sulfide) groups is 1. The molecule has 0 spiro atoms. The largest absolute Gasteiger partial charge is 0.350 e. The Kier molecular flexibility index (Phi) is 7.35. The number of amidine groups is 1. The zero-order valence-electron chi connectivity index (χ0n) is 15.9. The van der Waals surface area contributed by atoms with Gasteiger partial charge in [0.05, 0.1) is 12.1 Å². The number of carbonyl (C=O) groups is 1. The van der Waals surface area contributed by atoms with Crippen LogP contribution in [0, 0.1) is 0 Å². The van der Waals surface area contributed by atoms with Crippen LogP contribution < -0.4 is 5.32 Å². The van der Waals surface area contributed by atoms with Crippen molar-refractivity contribution < 1.29 is 4.79 Å². The van der Waals surface area contributed by atoms with Crippen LogP contribution in [0.3, 0.4) is 0 Å². The van der Waals surface area contributed by atoms with Crippen LogP contribution in [0.2, 0.25) is 10.0 Å². The number of anilines is 1. The summed E-state index contributed by atoms with van der Waals surface area (Å²) in [5.41, 5.74) is 0.630. The second kappa shape index (κ2) is 9.53. The molecule has 1 N–H and O–H groups in total. The van der Waals surface area contributed by atoms with E-state index >= 15 is 0 Å². The van der Waals surface area contributed by atoms with Crippen molar-refractivity contribution in [2.75, 3.05) is 12.4 Å². The van der Waals surface area contributed by atoms with Gasteiger partial charge >= 0.3 is 0 Å². The maximum absolute atomic E-state index is 12.6. The van der Waals surface area contributed by atoms with Crippen LogP contribution in [0.5, 0.6) is 0 Å². The Morgan fingerprint density at radius 3 is 2.44 bits per heavy atom. The molecule has 7 heteroatoms. The molecule has 1 saturated carbocycles. The molecule has 1 aliphatic carbocycles. The van der Waals surface area contributed by atoms with Crippen molar-refractivity contribution in [3.05, 3.63) is 28.2 Å². The maximum Gasteiger partial charge on any atom is 0.226 e. The summed E-state index contributed by atoms with van der Waals surface area (Å²) < 4.78 is 0. The van der Waals surface area contributed by atoms with Gasteiger partial charge in [0.15, 0.2) is 5.17 Å². The highest BCUT2D eigenvalue weighted by molar-refractivity contribution is 8.14. The van der Waals surface area contributed by atoms with Gasteiger partial charge in [-0.05, 0) is 31.0 Å². The molecule has 1 aliphatic heterocycles. The molecule has 1 aromatic carbocycles. The predicted octanol–water partition coefficient (Wildman–Crippen LogP) is 5.84. The van der Waals surface area contributed by atoms with E-state index in [4.69, 9.17) is 28.2 Å². The van der Waals surface area contributed by atoms with Gasteiger partial charge < -0.3 is 10.2 Å². The van der Waals surface area contributed by atoms with E-state index in [0.29, 0.717) is 33.4 Å². The summed E-state index contributed by atoms with van der Waals surface area (Å²) in [7, 11) is 2.06. The summed E-state index contributed by atoms with van der Waals surface area (Å²) in [6.07, 6.45) is 8.01. The molecule has 0 radical (unpaired) electrons. The summed E-state index contributed by atoms with van der Waals surface area (Å²) in [4.78, 5) is 19.8. The van der Waals surface area contributed by atoms with Crippen LogP contribution in [0.4, 0.5) is 5.69 Å². The number of hydrogen-bond donors (Lipinski definition) is 1. The molecule has 4 nitrogen and oxygen atoms in total. The molecule has 1 aromatic rings. The molecule has 0 aromatic heterocycles. The zero-order valence-corrected chi connectivity index (χ0v) is 18.2. The van der Waals surface area contributed by atoms with E-state index in [-0.39, 0.29) is 11.9 Å². The SMILES string of the molecule is CC1SC(=NC2CCCCCC2)N(C)C1CC(=O)Nc1cc(Cl)cc(Cl)c1. The monoisotopic (exact) mass is 427 g/mol. The van der Waals surface area contributed by atoms with Crippen molar-refractivity contribution in [1.29, 1.82) is 0 Å². The van der Waals surface area contributed by atoms with Crippen LogP contribution >= 0.6 is 35.0 Å². The van der Waals surface area contributed by atoms with E-state index in [9.17, 15) is 4.79 Å². The van der Waals surface area contributed by atoms with E-state index in [0.717, 1.165) is 5.17 Å². The first kappa shape index (κ1) is 20.8. The molecular weight excluding hydrogens is 401 g/mol. The van der Waals surface area contributed by atoms with Gasteiger partial charge in [0.1, 0.15) is 0 Å². The van der Waals surface area contributed by atoms with Gasteiger partial charge in [0.25, 0.3) is 0 Å². The summed E-state index contributed by atoms with van der Waals surface area (Å²) >= 11 is 13.8. The van der Waals surface area contributed by atoms with Crippen LogP contribution in [-0.4, -0.2) is 40.4 Å². The fourth-order valence-corrected chi connectivity index (χ4v) is 5.59. The van der Waals surface area contributed by atoms with Gasteiger partial charge in [-0.25, -0.2) is 0 Å². The molecule has 1 amide bonds. The molecule has 2 fully saturated rings. The van der Waals surface area contributed by atoms with E-state index in [1.807, 2.05) is 0 Å². The van der Waals surface area contributed by atoms with E-state index in [2.05, 4.69) is 24.2 Å². The lowest BCUT2D eigenvalue weighted by Gasteiger charge is -2.23. The second-order valence-corrected chi connectivity index (χ2v) is 9.69. The molecular formula is C20H27Cl2N3OS. The number of rotatable bonds is 4. The summed E-state index contributed by atoms with van der Waals surface area (Å²) in [5, 5.41) is 5.34. The summed E-state index contributed by atoms with van der Waals surface area (Å²) in [5.74, 6) is -0.0339. The fraction of sp³-hybridized carbons (Fsp3) is 0.600. The third-order valence-corrected chi connectivity index (χ3v) is 7.02. The summed E-state index contributed by atoms with van der Waals surface area (Å²) in [6, 6.07) is 5.64. The number of carbonyl (C=O) groups excluding carboxylic acids is 1. The second-order valence-electron chi connectivity index (χ2n) is 7.47. The minimum atomic E-state index is -0.0339. The van der Waals surface area contributed by atoms with E-state index in [1.165, 1.54) is 38.5 Å². The average molecular weight is 428 g/mol. The fourth-order valence-electron chi connectivity index (χ4n) is 3.78. The van der Waals surface area contributed by atoms with Crippen molar-refractivity contribution in [3.8, 4) is 0 Å². The summed E-state index contributed by atoms with van der Waals surface area (Å²) in [6.45, 7) is 2.17. The van der Waals surface area contributed by atoms with E-state index in [1.54, 1.807) is 30.0 Å². The lowest BCUT2D eigenvalue weighted by molar-refractivity contribution is -0.117. The predicted molar refractivity (Wildman–Crippen MR) is 117 cm³/mol. The first-order valence-electron chi connectivity index (χ1n) is 9.65. The van der Waals surface area contributed by atoms with Crippen molar-refractivity contribution in [1.82, 2.24) is 4.90 Å². The Morgan fingerprint density at radius 1 is 1.19 bits per heavy atom. The maximum atomic E-state index is 12.6. The van der Waals surface area contributed by atoms with Crippen molar-refractivity contribution in [2.24, 2.45) is 4.99 Å². The molecule has 2 atom stereocenters. The molecule has 1 heterocycles. The molecule has 2 aliphatic rings. The van der Waals surface area contributed by atoms with Crippen molar-refractivity contribution in [2.45, 2.75) is 69.2 Å². The molecule has 148 valence electrons. The highest BCUT2D eigenvalue weighted by Gasteiger charge is 2.35. The Bertz CT molecular complexity index is 684. The van der Waals surface area contributed by atoms with E-state index < -0.39 is 0 Å². The highest BCUT2D eigenvalue weighted by atomic mass is 35.5. The first-order chi connectivity index (χ1) is 12.9. The molecule has 1 saturated heterocycles. The van der Waals surface area contributed by atoms with Gasteiger partial charge in [-0.1, -0.05) is 67.6 Å². The van der Waals surface area contributed by atoms with Gasteiger partial charge in [-0.3, -0.25) is 9.79 Å². The van der Waals surface area contributed by atoms with Gasteiger partial charge in [0.2, 0.25) is 5.91 Å². The number of nitrogens with one attached hydrogen (secondary N) is 1. The standard InChI is InChI=1S/C20H27Cl2N3OS/c1-13-18(12-19(26)23-17-10-14(21)9-15(22)11-17)25(2)20(27-13)24-16-7-5-3-4-6-8-16/h9-11,13,16,18H,3-8,12H2,1-2H3,(H,23,26). The number of amides is 1. The van der Waals surface area contributed by atoms with Crippen LogP contribution in [0.15, 0.2) is 23.2 Å². The van der Waals surface area contributed by atoms with Crippen LogP contribution in [0.1, 0.15) is 51.9 Å². The van der Waals surface area contributed by atoms with Crippen LogP contribution in [-0.2, 0) is 4.79 Å². The number of nitrogens with zero attached hydrogens (tertiary/aromatic N) is 2. The molecule has 0 bridgehead atoms. The molecule has 2 unspecified atom stereocenters. The quantitative estimate of drug-likeness (QED) is 0.613. The zero-order chi connectivity index (χ0) is 19.4. The number of aliphatic imine (C=N–C) groups is 1. The smallest absolute Gasteiger partial charge is 0.226 e. The third kappa shape index (κ3) is 5.78. The number of hydrogen-bond acceptors (Lipinski definition) is 3. The number of halogens is 2. The van der Waals surface area contributed by atoms with Crippen molar-refractivity contribution in [3.63, 3.8) is 0 Å². The third-order valence-electron chi connectivity index (χ3n) is 5.29. The lowest BCUT2D eigenvalue weighted by Crippen LogP contribution is -2.36.